The van der Waals surface area contributed by atoms with Gasteiger partial charge in [0.15, 0.2) is 6.67 Å². The highest BCUT2D eigenvalue weighted by atomic mass is 16.3. The summed E-state index contributed by atoms with van der Waals surface area (Å²) in [6.45, 7) is 3.68. The predicted octanol–water partition coefficient (Wildman–Crippen LogP) is -0.159. The van der Waals surface area contributed by atoms with Gasteiger partial charge >= 0.3 is 6.03 Å². The molecule has 3 rings (SSSR count). The first-order valence-electron chi connectivity index (χ1n) is 8.28. The van der Waals surface area contributed by atoms with Gasteiger partial charge in [0.25, 0.3) is 5.91 Å². The van der Waals surface area contributed by atoms with Gasteiger partial charge in [-0.25, -0.2) is 9.69 Å². The lowest BCUT2D eigenvalue weighted by Gasteiger charge is -2.30. The van der Waals surface area contributed by atoms with Gasteiger partial charge in [-0.2, -0.15) is 0 Å². The Bertz CT molecular complexity index is 592. The molecule has 23 heavy (non-hydrogen) atoms. The Hall–Kier alpha value is -1.92. The van der Waals surface area contributed by atoms with Crippen molar-refractivity contribution < 1.29 is 19.6 Å². The highest BCUT2D eigenvalue weighted by Gasteiger charge is 2.52. The molecule has 3 atom stereocenters. The van der Waals surface area contributed by atoms with Crippen molar-refractivity contribution >= 4 is 11.9 Å². The van der Waals surface area contributed by atoms with E-state index in [2.05, 4.69) is 5.32 Å². The number of hydrogen-bond acceptors (Lipinski definition) is 3. The summed E-state index contributed by atoms with van der Waals surface area (Å²) in [6, 6.07) is 9.06. The predicted molar refractivity (Wildman–Crippen MR) is 84.6 cm³/mol. The number of piperidine rings is 1. The smallest absolute Gasteiger partial charge is 0.329 e. The van der Waals surface area contributed by atoms with Crippen molar-refractivity contribution in [1.29, 1.82) is 0 Å². The van der Waals surface area contributed by atoms with Crippen molar-refractivity contribution in [3.63, 3.8) is 0 Å². The minimum atomic E-state index is -0.966. The van der Waals surface area contributed by atoms with E-state index in [1.165, 1.54) is 4.90 Å². The number of quaternary nitrogens is 1. The molecule has 3 N–H and O–H groups in total. The summed E-state index contributed by atoms with van der Waals surface area (Å²) in [5.74, 6) is -0.191. The molecule has 2 aliphatic rings. The van der Waals surface area contributed by atoms with Crippen molar-refractivity contribution in [1.82, 2.24) is 10.2 Å². The van der Waals surface area contributed by atoms with Gasteiger partial charge in [-0.15, -0.1) is 0 Å². The van der Waals surface area contributed by atoms with E-state index in [0.717, 1.165) is 29.8 Å². The number of nitrogens with one attached hydrogen (secondary N) is 2. The average molecular weight is 318 g/mol. The number of hydrogen-bond donors (Lipinski definition) is 3. The zero-order chi connectivity index (χ0) is 16.4. The summed E-state index contributed by atoms with van der Waals surface area (Å²) in [6.07, 6.45) is 1.88. The fourth-order valence-corrected chi connectivity index (χ4v) is 3.62. The van der Waals surface area contributed by atoms with Gasteiger partial charge in [0.2, 0.25) is 0 Å². The van der Waals surface area contributed by atoms with E-state index < -0.39 is 5.54 Å². The van der Waals surface area contributed by atoms with Gasteiger partial charge < -0.3 is 15.3 Å². The van der Waals surface area contributed by atoms with Crippen molar-refractivity contribution in [2.24, 2.45) is 0 Å². The summed E-state index contributed by atoms with van der Waals surface area (Å²) in [5.41, 5.74) is -0.149. The number of likely N-dealkylation sites (tertiary alicyclic amines) is 1. The zero-order valence-corrected chi connectivity index (χ0v) is 13.4. The molecule has 3 amide bonds. The first kappa shape index (κ1) is 16.0. The Kier molecular flexibility index (Phi) is 4.37. The number of amides is 3. The third-order valence-corrected chi connectivity index (χ3v) is 4.95. The van der Waals surface area contributed by atoms with Gasteiger partial charge in [-0.05, 0) is 24.8 Å². The second-order valence-electron chi connectivity index (χ2n) is 6.45. The third kappa shape index (κ3) is 2.84. The number of nitrogens with zero attached hydrogens (tertiary/aromatic N) is 1. The summed E-state index contributed by atoms with van der Waals surface area (Å²) < 4.78 is 0. The minimum Gasteiger partial charge on any atom is -0.387 e. The molecule has 2 heterocycles. The fraction of sp³-hybridized carbons (Fsp3) is 0.529. The van der Waals surface area contributed by atoms with Crippen LogP contribution in [0.15, 0.2) is 30.3 Å². The maximum atomic E-state index is 13.0. The molecule has 124 valence electrons. The van der Waals surface area contributed by atoms with Crippen LogP contribution >= 0.6 is 0 Å². The van der Waals surface area contributed by atoms with Crippen LogP contribution in [0.5, 0.6) is 0 Å². The molecule has 6 heteroatoms. The number of aliphatic hydroxyl groups is 1. The highest BCUT2D eigenvalue weighted by Crippen LogP contribution is 2.31. The van der Waals surface area contributed by atoms with Gasteiger partial charge in [-0.1, -0.05) is 37.3 Å². The number of benzene rings is 1. The van der Waals surface area contributed by atoms with Crippen LogP contribution in [0.4, 0.5) is 4.79 Å². The summed E-state index contributed by atoms with van der Waals surface area (Å²) in [4.78, 5) is 27.8. The second kappa shape index (κ2) is 6.29. The Labute approximate surface area is 136 Å². The molecule has 0 radical (unpaired) electrons. The normalized spacial score (nSPS) is 31.3. The number of carbonyl (C=O) groups excluding carboxylic acids is 2. The van der Waals surface area contributed by atoms with Gasteiger partial charge in [0.1, 0.15) is 18.2 Å². The lowest BCUT2D eigenvalue weighted by molar-refractivity contribution is -0.915. The average Bonchev–Trinajstić information content (AvgIpc) is 2.81. The molecular formula is C17H24N3O3+. The first-order valence-corrected chi connectivity index (χ1v) is 8.28. The summed E-state index contributed by atoms with van der Waals surface area (Å²) in [5, 5.41) is 12.7. The standard InChI is InChI=1S/C17H23N3O3/c1-2-17(13-7-4-3-5-8-13)15(22)20(16(23)18-17)12-19-10-6-9-14(21)11-19/h3-5,7-8,14,21H,2,6,9-12H2,1H3,(H,18,23)/p+1/t14-,17+/m0/s1. The maximum absolute atomic E-state index is 13.0. The highest BCUT2D eigenvalue weighted by molar-refractivity contribution is 6.07. The lowest BCUT2D eigenvalue weighted by atomic mass is 9.87. The topological polar surface area (TPSA) is 74.1 Å². The van der Waals surface area contributed by atoms with Crippen molar-refractivity contribution in [3.05, 3.63) is 35.9 Å². The van der Waals surface area contributed by atoms with Crippen molar-refractivity contribution in [3.8, 4) is 0 Å². The van der Waals surface area contributed by atoms with E-state index >= 15 is 0 Å². The number of imide groups is 1. The Morgan fingerprint density at radius 1 is 1.35 bits per heavy atom. The van der Waals surface area contributed by atoms with E-state index in [9.17, 15) is 14.7 Å². The molecule has 0 aromatic heterocycles. The van der Waals surface area contributed by atoms with Crippen LogP contribution < -0.4 is 10.2 Å². The Morgan fingerprint density at radius 2 is 2.09 bits per heavy atom. The molecule has 1 aromatic carbocycles. The minimum absolute atomic E-state index is 0.191. The van der Waals surface area contributed by atoms with Crippen LogP contribution in [0.1, 0.15) is 31.7 Å². The summed E-state index contributed by atoms with van der Waals surface area (Å²) in [7, 11) is 0. The molecular weight excluding hydrogens is 294 g/mol. The number of carbonyl (C=O) groups is 2. The Balaban J connectivity index is 1.81. The monoisotopic (exact) mass is 318 g/mol. The van der Waals surface area contributed by atoms with E-state index in [0.29, 0.717) is 19.6 Å². The fourth-order valence-electron chi connectivity index (χ4n) is 3.62. The molecule has 1 unspecified atom stereocenters. The molecule has 0 saturated carbocycles. The Morgan fingerprint density at radius 3 is 2.74 bits per heavy atom. The number of aliphatic hydroxyl groups excluding tert-OH is 1. The van der Waals surface area contributed by atoms with Gasteiger partial charge in [-0.3, -0.25) is 4.79 Å². The lowest BCUT2D eigenvalue weighted by Crippen LogP contribution is -3.15. The molecule has 6 nitrogen and oxygen atoms in total. The largest absolute Gasteiger partial charge is 0.387 e. The SMILES string of the molecule is CC[C@]1(c2ccccc2)NC(=O)N(C[NH+]2CCC[C@H](O)C2)C1=O. The first-order chi connectivity index (χ1) is 11.1. The molecule has 0 bridgehead atoms. The number of urea groups is 1. The quantitative estimate of drug-likeness (QED) is 0.676. The molecule has 2 saturated heterocycles. The number of rotatable bonds is 4. The zero-order valence-electron chi connectivity index (χ0n) is 13.4. The van der Waals surface area contributed by atoms with Gasteiger partial charge in [0.05, 0.1) is 6.54 Å². The van der Waals surface area contributed by atoms with Crippen LogP contribution in [0, 0.1) is 0 Å². The molecule has 2 fully saturated rings. The van der Waals surface area contributed by atoms with E-state index in [1.54, 1.807) is 0 Å². The van der Waals surface area contributed by atoms with Crippen LogP contribution in [0.25, 0.3) is 0 Å². The molecule has 0 spiro atoms. The van der Waals surface area contributed by atoms with Crippen molar-refractivity contribution in [2.45, 2.75) is 37.8 Å². The van der Waals surface area contributed by atoms with E-state index in [1.807, 2.05) is 37.3 Å². The van der Waals surface area contributed by atoms with E-state index in [4.69, 9.17) is 0 Å². The van der Waals surface area contributed by atoms with Crippen LogP contribution in [-0.4, -0.2) is 47.8 Å². The van der Waals surface area contributed by atoms with Crippen molar-refractivity contribution in [2.75, 3.05) is 19.8 Å². The van der Waals surface area contributed by atoms with E-state index in [-0.39, 0.29) is 18.0 Å². The van der Waals surface area contributed by atoms with Crippen LogP contribution in [0.3, 0.4) is 0 Å². The molecule has 2 aliphatic heterocycles. The second-order valence-corrected chi connectivity index (χ2v) is 6.45. The summed E-state index contributed by atoms with van der Waals surface area (Å²) >= 11 is 0. The third-order valence-electron chi connectivity index (χ3n) is 4.95. The molecule has 0 aliphatic carbocycles. The molecule has 1 aromatic rings. The van der Waals surface area contributed by atoms with Crippen LogP contribution in [-0.2, 0) is 10.3 Å². The van der Waals surface area contributed by atoms with Crippen LogP contribution in [0.2, 0.25) is 0 Å². The van der Waals surface area contributed by atoms with Gasteiger partial charge in [0, 0.05) is 0 Å². The maximum Gasteiger partial charge on any atom is 0.329 e.